The van der Waals surface area contributed by atoms with Crippen molar-refractivity contribution < 1.29 is 9.59 Å². The van der Waals surface area contributed by atoms with Crippen LogP contribution in [-0.2, 0) is 4.79 Å². The Morgan fingerprint density at radius 3 is 2.65 bits per heavy atom. The van der Waals surface area contributed by atoms with E-state index in [-0.39, 0.29) is 30.1 Å². The molecular weight excluding hydrogens is 314 g/mol. The number of carbonyl (C=O) groups excluding carboxylic acids is 2. The molecule has 23 heavy (non-hydrogen) atoms. The largest absolute Gasteiger partial charge is 0.345 e. The summed E-state index contributed by atoms with van der Waals surface area (Å²) in [5.41, 5.74) is 6.71. The molecule has 1 saturated heterocycles. The van der Waals surface area contributed by atoms with Gasteiger partial charge in [-0.05, 0) is 37.5 Å². The van der Waals surface area contributed by atoms with Gasteiger partial charge in [-0.1, -0.05) is 19.9 Å². The molecule has 0 spiro atoms. The van der Waals surface area contributed by atoms with Crippen LogP contribution in [-0.4, -0.2) is 30.4 Å². The van der Waals surface area contributed by atoms with Crippen molar-refractivity contribution in [2.24, 2.45) is 11.7 Å². The van der Waals surface area contributed by atoms with Gasteiger partial charge in [-0.25, -0.2) is 0 Å². The molecule has 1 fully saturated rings. The van der Waals surface area contributed by atoms with Crippen molar-refractivity contribution in [1.29, 1.82) is 0 Å². The van der Waals surface area contributed by atoms with Crippen LogP contribution in [0.5, 0.6) is 0 Å². The van der Waals surface area contributed by atoms with Gasteiger partial charge in [0.25, 0.3) is 5.91 Å². The van der Waals surface area contributed by atoms with Crippen molar-refractivity contribution in [3.63, 3.8) is 0 Å². The van der Waals surface area contributed by atoms with Crippen LogP contribution in [0.15, 0.2) is 24.3 Å². The maximum absolute atomic E-state index is 12.5. The lowest BCUT2D eigenvalue weighted by atomic mass is 9.88. The summed E-state index contributed by atoms with van der Waals surface area (Å²) in [6, 6.07) is 7.21. The normalized spacial score (nSPS) is 16.9. The first kappa shape index (κ1) is 19.5. The molecule has 0 radical (unpaired) electrons. The Bertz CT molecular complexity index is 577. The van der Waals surface area contributed by atoms with E-state index in [1.54, 1.807) is 17.0 Å². The number of halogens is 1. The highest BCUT2D eigenvalue weighted by Gasteiger charge is 2.29. The number of amides is 2. The van der Waals surface area contributed by atoms with E-state index in [9.17, 15) is 9.59 Å². The highest BCUT2D eigenvalue weighted by atomic mass is 35.5. The molecule has 2 rings (SSSR count). The first-order valence-corrected chi connectivity index (χ1v) is 7.80. The summed E-state index contributed by atoms with van der Waals surface area (Å²) in [5, 5.41) is 3.02. The number of nitrogens with one attached hydrogen (secondary N) is 1. The zero-order valence-electron chi connectivity index (χ0n) is 14.0. The molecule has 1 unspecified atom stereocenters. The summed E-state index contributed by atoms with van der Waals surface area (Å²) in [5.74, 6) is 0.187. The molecule has 128 valence electrons. The third-order valence-corrected chi connectivity index (χ3v) is 4.59. The van der Waals surface area contributed by atoms with E-state index in [1.807, 2.05) is 32.9 Å². The third kappa shape index (κ3) is 4.24. The number of carbonyl (C=O) groups is 2. The monoisotopic (exact) mass is 339 g/mol. The predicted octanol–water partition coefficient (Wildman–Crippen LogP) is 2.34. The van der Waals surface area contributed by atoms with Crippen molar-refractivity contribution in [2.75, 3.05) is 18.0 Å². The lowest BCUT2D eigenvalue weighted by Crippen LogP contribution is -2.55. The van der Waals surface area contributed by atoms with Gasteiger partial charge in [-0.3, -0.25) is 9.59 Å². The van der Waals surface area contributed by atoms with Gasteiger partial charge in [-0.2, -0.15) is 0 Å². The highest BCUT2D eigenvalue weighted by Crippen LogP contribution is 2.23. The van der Waals surface area contributed by atoms with E-state index in [4.69, 9.17) is 5.73 Å². The van der Waals surface area contributed by atoms with E-state index in [1.165, 1.54) is 0 Å². The zero-order valence-corrected chi connectivity index (χ0v) is 14.8. The van der Waals surface area contributed by atoms with Crippen LogP contribution in [0.3, 0.4) is 0 Å². The number of nitrogens with two attached hydrogens (primary N) is 1. The van der Waals surface area contributed by atoms with Crippen molar-refractivity contribution in [2.45, 2.75) is 39.2 Å². The molecule has 0 aliphatic carbocycles. The van der Waals surface area contributed by atoms with Crippen LogP contribution in [0.25, 0.3) is 0 Å². The summed E-state index contributed by atoms with van der Waals surface area (Å²) in [7, 11) is 0. The minimum Gasteiger partial charge on any atom is -0.345 e. The summed E-state index contributed by atoms with van der Waals surface area (Å²) in [6.07, 6.45) is 1.45. The van der Waals surface area contributed by atoms with Crippen LogP contribution in [0, 0.1) is 5.92 Å². The van der Waals surface area contributed by atoms with Crippen LogP contribution in [0.1, 0.15) is 44.0 Å². The van der Waals surface area contributed by atoms with E-state index in [0.717, 1.165) is 18.7 Å². The van der Waals surface area contributed by atoms with Gasteiger partial charge in [0.15, 0.2) is 0 Å². The van der Waals surface area contributed by atoms with Crippen LogP contribution in [0.2, 0.25) is 0 Å². The number of anilines is 1. The number of nitrogens with zero attached hydrogens (tertiary/aromatic N) is 1. The molecule has 1 aliphatic heterocycles. The molecule has 1 aromatic carbocycles. The standard InChI is InChI=1S/C17H25N3O2.ClH/c1-12(2)17(3,11-18)19-16(22)13-6-4-7-14(10-13)20-9-5-8-15(20)21;/h4,6-7,10,12H,5,8-9,11,18H2,1-3H3,(H,19,22);1H. The molecule has 5 nitrogen and oxygen atoms in total. The fourth-order valence-electron chi connectivity index (χ4n) is 2.50. The number of hydrogen-bond donors (Lipinski definition) is 2. The van der Waals surface area contributed by atoms with Crippen molar-refractivity contribution in [3.8, 4) is 0 Å². The Kier molecular flexibility index (Phi) is 6.59. The molecule has 2 amide bonds. The zero-order chi connectivity index (χ0) is 16.3. The maximum atomic E-state index is 12.5. The van der Waals surface area contributed by atoms with Gasteiger partial charge in [0, 0.05) is 30.8 Å². The Hall–Kier alpha value is -1.59. The first-order valence-electron chi connectivity index (χ1n) is 7.80. The fraction of sp³-hybridized carbons (Fsp3) is 0.529. The lowest BCUT2D eigenvalue weighted by Gasteiger charge is -2.33. The third-order valence-electron chi connectivity index (χ3n) is 4.59. The first-order chi connectivity index (χ1) is 10.4. The van der Waals surface area contributed by atoms with Gasteiger partial charge < -0.3 is 16.0 Å². The van der Waals surface area contributed by atoms with Gasteiger partial charge in [0.05, 0.1) is 5.54 Å². The van der Waals surface area contributed by atoms with Crippen LogP contribution >= 0.6 is 12.4 Å². The minimum atomic E-state index is -0.448. The molecule has 1 atom stereocenters. The van der Waals surface area contributed by atoms with E-state index in [2.05, 4.69) is 5.32 Å². The molecule has 1 aromatic rings. The number of hydrogen-bond acceptors (Lipinski definition) is 3. The van der Waals surface area contributed by atoms with Gasteiger partial charge in [-0.15, -0.1) is 12.4 Å². The molecule has 1 heterocycles. The second-order valence-electron chi connectivity index (χ2n) is 6.43. The molecule has 0 saturated carbocycles. The average Bonchev–Trinajstić information content (AvgIpc) is 2.93. The van der Waals surface area contributed by atoms with Gasteiger partial charge in [0.2, 0.25) is 5.91 Å². The van der Waals surface area contributed by atoms with Gasteiger partial charge >= 0.3 is 0 Å². The lowest BCUT2D eigenvalue weighted by molar-refractivity contribution is -0.117. The maximum Gasteiger partial charge on any atom is 0.251 e. The topological polar surface area (TPSA) is 75.4 Å². The quantitative estimate of drug-likeness (QED) is 0.864. The SMILES string of the molecule is CC(C)C(C)(CN)NC(=O)c1cccc(N2CCCC2=O)c1.Cl. The molecule has 6 heteroatoms. The molecule has 0 bridgehead atoms. The fourth-order valence-corrected chi connectivity index (χ4v) is 2.50. The Labute approximate surface area is 144 Å². The van der Waals surface area contributed by atoms with Crippen LogP contribution in [0.4, 0.5) is 5.69 Å². The van der Waals surface area contributed by atoms with E-state index in [0.29, 0.717) is 18.5 Å². The Morgan fingerprint density at radius 1 is 1.43 bits per heavy atom. The van der Waals surface area contributed by atoms with Crippen molar-refractivity contribution >= 4 is 29.9 Å². The second-order valence-corrected chi connectivity index (χ2v) is 6.43. The second kappa shape index (κ2) is 7.79. The summed E-state index contributed by atoms with van der Waals surface area (Å²) in [4.78, 5) is 26.1. The summed E-state index contributed by atoms with van der Waals surface area (Å²) < 4.78 is 0. The number of rotatable bonds is 5. The Morgan fingerprint density at radius 2 is 2.13 bits per heavy atom. The highest BCUT2D eigenvalue weighted by molar-refractivity contribution is 5.99. The summed E-state index contributed by atoms with van der Waals surface area (Å²) >= 11 is 0. The van der Waals surface area contributed by atoms with Gasteiger partial charge in [0.1, 0.15) is 0 Å². The smallest absolute Gasteiger partial charge is 0.251 e. The number of benzene rings is 1. The Balaban J connectivity index is 0.00000264. The average molecular weight is 340 g/mol. The van der Waals surface area contributed by atoms with E-state index >= 15 is 0 Å². The minimum absolute atomic E-state index is 0. The predicted molar refractivity (Wildman–Crippen MR) is 95.0 cm³/mol. The summed E-state index contributed by atoms with van der Waals surface area (Å²) in [6.45, 7) is 7.11. The molecular formula is C17H26ClN3O2. The van der Waals surface area contributed by atoms with E-state index < -0.39 is 5.54 Å². The van der Waals surface area contributed by atoms with Crippen molar-refractivity contribution in [1.82, 2.24) is 5.32 Å². The van der Waals surface area contributed by atoms with Crippen LogP contribution < -0.4 is 16.0 Å². The molecule has 3 N–H and O–H groups in total. The molecule has 0 aromatic heterocycles. The van der Waals surface area contributed by atoms with Crippen molar-refractivity contribution in [3.05, 3.63) is 29.8 Å². The molecule has 1 aliphatic rings.